The summed E-state index contributed by atoms with van der Waals surface area (Å²) in [4.78, 5) is 17.5. The van der Waals surface area contributed by atoms with E-state index in [0.717, 1.165) is 38.9 Å². The minimum Gasteiger partial charge on any atom is -0.342 e. The first-order valence-corrected chi connectivity index (χ1v) is 11.2. The van der Waals surface area contributed by atoms with E-state index >= 15 is 0 Å². The zero-order valence-corrected chi connectivity index (χ0v) is 17.4. The molecule has 3 heteroatoms. The number of nitrogens with zero attached hydrogens (tertiary/aromatic N) is 2. The quantitative estimate of drug-likeness (QED) is 0.386. The minimum absolute atomic E-state index is 0.251. The number of piperidine rings is 1. The van der Waals surface area contributed by atoms with Crippen molar-refractivity contribution in [2.45, 2.75) is 97.8 Å². The van der Waals surface area contributed by atoms with Crippen molar-refractivity contribution in [1.29, 1.82) is 0 Å². The zero-order valence-electron chi connectivity index (χ0n) is 17.4. The molecular formula is C22H44N2O. The summed E-state index contributed by atoms with van der Waals surface area (Å²) in [5, 5.41) is 0. The second-order valence-electron chi connectivity index (χ2n) is 7.94. The van der Waals surface area contributed by atoms with Gasteiger partial charge in [-0.15, -0.1) is 0 Å². The first-order chi connectivity index (χ1) is 12.2. The summed E-state index contributed by atoms with van der Waals surface area (Å²) in [7, 11) is 0. The molecule has 1 heterocycles. The van der Waals surface area contributed by atoms with Crippen LogP contribution in [0.5, 0.6) is 0 Å². The van der Waals surface area contributed by atoms with Gasteiger partial charge in [-0.3, -0.25) is 4.79 Å². The standard InChI is InChI=1S/C22H44N2O/c1-4-7-8-9-10-11-12-13-18-23-19-14-15-21(20-23)22(25)24(16-5-2)17-6-3/h21H,4-20H2,1-3H3. The Morgan fingerprint density at radius 2 is 1.48 bits per heavy atom. The highest BCUT2D eigenvalue weighted by Gasteiger charge is 2.28. The molecule has 1 rings (SSSR count). The van der Waals surface area contributed by atoms with Gasteiger partial charge in [-0.05, 0) is 45.2 Å². The van der Waals surface area contributed by atoms with Gasteiger partial charge in [0.2, 0.25) is 5.91 Å². The number of likely N-dealkylation sites (tertiary alicyclic amines) is 1. The maximum atomic E-state index is 12.8. The van der Waals surface area contributed by atoms with E-state index in [1.54, 1.807) is 0 Å². The molecule has 0 aromatic rings. The van der Waals surface area contributed by atoms with Crippen LogP contribution in [0.4, 0.5) is 0 Å². The fraction of sp³-hybridized carbons (Fsp3) is 0.955. The Labute approximate surface area is 157 Å². The van der Waals surface area contributed by atoms with E-state index in [1.165, 1.54) is 70.9 Å². The predicted molar refractivity (Wildman–Crippen MR) is 109 cm³/mol. The maximum Gasteiger partial charge on any atom is 0.226 e. The number of hydrogen-bond acceptors (Lipinski definition) is 2. The Morgan fingerprint density at radius 3 is 2.08 bits per heavy atom. The van der Waals surface area contributed by atoms with Crippen LogP contribution in [0.2, 0.25) is 0 Å². The minimum atomic E-state index is 0.251. The first kappa shape index (κ1) is 22.5. The van der Waals surface area contributed by atoms with E-state index in [2.05, 4.69) is 30.6 Å². The van der Waals surface area contributed by atoms with Crippen LogP contribution in [0.1, 0.15) is 97.8 Å². The lowest BCUT2D eigenvalue weighted by atomic mass is 9.96. The molecule has 25 heavy (non-hydrogen) atoms. The summed E-state index contributed by atoms with van der Waals surface area (Å²) < 4.78 is 0. The molecule has 0 spiro atoms. The van der Waals surface area contributed by atoms with Crippen LogP contribution in [0.25, 0.3) is 0 Å². The number of hydrogen-bond donors (Lipinski definition) is 0. The van der Waals surface area contributed by atoms with Crippen molar-refractivity contribution in [3.8, 4) is 0 Å². The lowest BCUT2D eigenvalue weighted by molar-refractivity contribution is -0.137. The lowest BCUT2D eigenvalue weighted by Crippen LogP contribution is -2.45. The molecule has 148 valence electrons. The van der Waals surface area contributed by atoms with Gasteiger partial charge in [0.05, 0.1) is 5.92 Å². The molecule has 1 aliphatic heterocycles. The van der Waals surface area contributed by atoms with Crippen molar-refractivity contribution in [3.05, 3.63) is 0 Å². The van der Waals surface area contributed by atoms with E-state index in [1.807, 2.05) is 0 Å². The number of carbonyl (C=O) groups is 1. The molecule has 0 aliphatic carbocycles. The Kier molecular flexibility index (Phi) is 13.1. The Bertz CT molecular complexity index is 326. The highest BCUT2D eigenvalue weighted by atomic mass is 16.2. The van der Waals surface area contributed by atoms with Crippen LogP contribution in [0.3, 0.4) is 0 Å². The van der Waals surface area contributed by atoms with E-state index in [9.17, 15) is 4.79 Å². The van der Waals surface area contributed by atoms with Crippen molar-refractivity contribution >= 4 is 5.91 Å². The molecular weight excluding hydrogens is 308 g/mol. The van der Waals surface area contributed by atoms with Crippen molar-refractivity contribution < 1.29 is 4.79 Å². The topological polar surface area (TPSA) is 23.6 Å². The molecule has 0 saturated carbocycles. The number of amides is 1. The van der Waals surface area contributed by atoms with E-state index in [0.29, 0.717) is 5.91 Å². The van der Waals surface area contributed by atoms with Crippen LogP contribution in [-0.4, -0.2) is 48.4 Å². The van der Waals surface area contributed by atoms with Gasteiger partial charge in [0.25, 0.3) is 0 Å². The van der Waals surface area contributed by atoms with Crippen LogP contribution in [0.15, 0.2) is 0 Å². The van der Waals surface area contributed by atoms with Crippen LogP contribution in [-0.2, 0) is 4.79 Å². The van der Waals surface area contributed by atoms with Gasteiger partial charge < -0.3 is 9.80 Å². The second-order valence-corrected chi connectivity index (χ2v) is 7.94. The van der Waals surface area contributed by atoms with Gasteiger partial charge in [0.1, 0.15) is 0 Å². The molecule has 1 unspecified atom stereocenters. The number of carbonyl (C=O) groups excluding carboxylic acids is 1. The Morgan fingerprint density at radius 1 is 0.880 bits per heavy atom. The Hall–Kier alpha value is -0.570. The van der Waals surface area contributed by atoms with Crippen LogP contribution < -0.4 is 0 Å². The molecule has 0 radical (unpaired) electrons. The molecule has 1 atom stereocenters. The predicted octanol–water partition coefficient (Wildman–Crippen LogP) is 5.49. The largest absolute Gasteiger partial charge is 0.342 e. The lowest BCUT2D eigenvalue weighted by Gasteiger charge is -2.35. The molecule has 0 aromatic heterocycles. The monoisotopic (exact) mass is 352 g/mol. The summed E-state index contributed by atoms with van der Waals surface area (Å²) >= 11 is 0. The summed E-state index contributed by atoms with van der Waals surface area (Å²) in [6.07, 6.45) is 15.5. The van der Waals surface area contributed by atoms with Gasteiger partial charge in [0.15, 0.2) is 0 Å². The van der Waals surface area contributed by atoms with Crippen LogP contribution in [0, 0.1) is 5.92 Å². The van der Waals surface area contributed by atoms with E-state index < -0.39 is 0 Å². The SMILES string of the molecule is CCCCCCCCCCN1CCCC(C(=O)N(CCC)CCC)C1. The van der Waals surface area contributed by atoms with Gasteiger partial charge in [-0.2, -0.15) is 0 Å². The summed E-state index contributed by atoms with van der Waals surface area (Å²) in [6, 6.07) is 0. The summed E-state index contributed by atoms with van der Waals surface area (Å²) in [5.41, 5.74) is 0. The normalized spacial score (nSPS) is 18.4. The van der Waals surface area contributed by atoms with E-state index in [-0.39, 0.29) is 5.92 Å². The molecule has 1 amide bonds. The first-order valence-electron chi connectivity index (χ1n) is 11.2. The number of rotatable bonds is 14. The summed E-state index contributed by atoms with van der Waals surface area (Å²) in [6.45, 7) is 11.9. The third-order valence-corrected chi connectivity index (χ3v) is 5.48. The maximum absolute atomic E-state index is 12.8. The van der Waals surface area contributed by atoms with Crippen molar-refractivity contribution in [2.75, 3.05) is 32.7 Å². The summed E-state index contributed by atoms with van der Waals surface area (Å²) in [5.74, 6) is 0.671. The van der Waals surface area contributed by atoms with Crippen molar-refractivity contribution in [1.82, 2.24) is 9.80 Å². The Balaban J connectivity index is 2.21. The molecule has 0 N–H and O–H groups in total. The fourth-order valence-corrected chi connectivity index (χ4v) is 4.06. The van der Waals surface area contributed by atoms with Gasteiger partial charge >= 0.3 is 0 Å². The molecule has 1 aliphatic rings. The third kappa shape index (κ3) is 9.63. The van der Waals surface area contributed by atoms with Gasteiger partial charge in [0, 0.05) is 19.6 Å². The highest BCUT2D eigenvalue weighted by Crippen LogP contribution is 2.20. The zero-order chi connectivity index (χ0) is 18.3. The smallest absolute Gasteiger partial charge is 0.226 e. The fourth-order valence-electron chi connectivity index (χ4n) is 4.06. The average molecular weight is 353 g/mol. The molecule has 1 saturated heterocycles. The molecule has 0 bridgehead atoms. The molecule has 3 nitrogen and oxygen atoms in total. The second kappa shape index (κ2) is 14.6. The van der Waals surface area contributed by atoms with Crippen molar-refractivity contribution in [3.63, 3.8) is 0 Å². The van der Waals surface area contributed by atoms with Crippen molar-refractivity contribution in [2.24, 2.45) is 5.92 Å². The third-order valence-electron chi connectivity index (χ3n) is 5.48. The molecule has 0 aromatic carbocycles. The average Bonchev–Trinajstić information content (AvgIpc) is 2.63. The molecule has 1 fully saturated rings. The number of unbranched alkanes of at least 4 members (excludes halogenated alkanes) is 7. The van der Waals surface area contributed by atoms with Gasteiger partial charge in [-0.1, -0.05) is 65.7 Å². The van der Waals surface area contributed by atoms with Gasteiger partial charge in [-0.25, -0.2) is 0 Å². The van der Waals surface area contributed by atoms with Crippen LogP contribution >= 0.6 is 0 Å². The van der Waals surface area contributed by atoms with E-state index in [4.69, 9.17) is 0 Å². The highest BCUT2D eigenvalue weighted by molar-refractivity contribution is 5.79.